The molecule has 0 unspecified atom stereocenters. The van der Waals surface area contributed by atoms with Crippen molar-refractivity contribution < 1.29 is 14.1 Å². The van der Waals surface area contributed by atoms with Gasteiger partial charge < -0.3 is 14.6 Å². The van der Waals surface area contributed by atoms with Gasteiger partial charge in [0.2, 0.25) is 0 Å². The van der Waals surface area contributed by atoms with E-state index in [-0.39, 0.29) is 11.9 Å². The number of ether oxygens (including phenoxy) is 1. The second-order valence-electron chi connectivity index (χ2n) is 5.24. The zero-order valence-electron chi connectivity index (χ0n) is 13.8. The van der Waals surface area contributed by atoms with Crippen LogP contribution >= 0.6 is 12.2 Å². The van der Waals surface area contributed by atoms with E-state index in [1.165, 1.54) is 0 Å². The summed E-state index contributed by atoms with van der Waals surface area (Å²) >= 11 is 5.12. The van der Waals surface area contributed by atoms with Crippen LogP contribution in [0.25, 0.3) is 11.3 Å². The van der Waals surface area contributed by atoms with Crippen LogP contribution < -0.4 is 16.2 Å². The number of hydrogen-bond acceptors (Lipinski definition) is 5. The van der Waals surface area contributed by atoms with Crippen molar-refractivity contribution >= 4 is 23.2 Å². The van der Waals surface area contributed by atoms with Gasteiger partial charge in [0.05, 0.1) is 6.61 Å². The zero-order chi connectivity index (χ0) is 17.5. The molecule has 7 nitrogen and oxygen atoms in total. The third-order valence-electron chi connectivity index (χ3n) is 3.22. The summed E-state index contributed by atoms with van der Waals surface area (Å²) in [5.41, 5.74) is 6.86. The molecule has 1 heterocycles. The van der Waals surface area contributed by atoms with E-state index in [0.29, 0.717) is 28.7 Å². The monoisotopic (exact) mass is 348 g/mol. The molecule has 128 valence electrons. The number of rotatable bonds is 5. The van der Waals surface area contributed by atoms with E-state index in [0.717, 1.165) is 5.56 Å². The Morgan fingerprint density at radius 1 is 1.33 bits per heavy atom. The second-order valence-corrected chi connectivity index (χ2v) is 5.65. The van der Waals surface area contributed by atoms with Gasteiger partial charge in [-0.25, -0.2) is 0 Å². The third kappa shape index (κ3) is 4.53. The van der Waals surface area contributed by atoms with Crippen molar-refractivity contribution in [2.75, 3.05) is 13.7 Å². The smallest absolute Gasteiger partial charge is 0.275 e. The highest BCUT2D eigenvalue weighted by molar-refractivity contribution is 7.80. The molecule has 0 saturated carbocycles. The molecule has 2 aromatic rings. The van der Waals surface area contributed by atoms with E-state index in [9.17, 15) is 4.79 Å². The topological polar surface area (TPSA) is 88.4 Å². The number of nitrogens with one attached hydrogen (secondary N) is 3. The molecule has 24 heavy (non-hydrogen) atoms. The lowest BCUT2D eigenvalue weighted by Gasteiger charge is -2.16. The molecule has 1 atom stereocenters. The van der Waals surface area contributed by atoms with Gasteiger partial charge >= 0.3 is 0 Å². The first-order valence-corrected chi connectivity index (χ1v) is 7.81. The average Bonchev–Trinajstić information content (AvgIpc) is 2.95. The van der Waals surface area contributed by atoms with Gasteiger partial charge in [-0.05, 0) is 26.1 Å². The Kier molecular flexibility index (Phi) is 6.28. The Bertz CT molecular complexity index is 703. The number of hydrazine groups is 1. The first-order chi connectivity index (χ1) is 11.5. The minimum Gasteiger partial charge on any atom is -0.383 e. The highest BCUT2D eigenvalue weighted by Crippen LogP contribution is 2.24. The maximum absolute atomic E-state index is 12.5. The maximum atomic E-state index is 12.5. The van der Waals surface area contributed by atoms with Crippen molar-refractivity contribution in [3.63, 3.8) is 0 Å². The molecule has 0 spiro atoms. The Morgan fingerprint density at radius 3 is 2.71 bits per heavy atom. The van der Waals surface area contributed by atoms with Crippen LogP contribution in [0.15, 0.2) is 34.9 Å². The molecule has 0 aliphatic rings. The van der Waals surface area contributed by atoms with Crippen molar-refractivity contribution in [1.29, 1.82) is 0 Å². The summed E-state index contributed by atoms with van der Waals surface area (Å²) in [6, 6.07) is 9.37. The molecule has 1 aromatic carbocycles. The molecule has 3 N–H and O–H groups in total. The summed E-state index contributed by atoms with van der Waals surface area (Å²) in [5.74, 6) is 0.0518. The number of aryl methyl sites for hydroxylation is 1. The molecule has 0 radical (unpaired) electrons. The fraction of sp³-hybridized carbons (Fsp3) is 0.312. The molecular weight excluding hydrogens is 328 g/mol. The standard InChI is InChI=1S/C16H20N4O3S/c1-10(9-22-3)17-16(24)19-18-15(21)13-11(2)23-20-14(13)12-7-5-4-6-8-12/h4-8,10H,9H2,1-3H3,(H,18,21)(H2,17,19,24)/t10-/m1/s1. The third-order valence-corrected chi connectivity index (χ3v) is 3.44. The lowest BCUT2D eigenvalue weighted by molar-refractivity contribution is 0.0942. The van der Waals surface area contributed by atoms with E-state index in [2.05, 4.69) is 21.3 Å². The van der Waals surface area contributed by atoms with Crippen molar-refractivity contribution in [3.05, 3.63) is 41.7 Å². The number of thiocarbonyl (C=S) groups is 1. The number of hydrogen-bond donors (Lipinski definition) is 3. The minimum atomic E-state index is -0.379. The number of methoxy groups -OCH3 is 1. The van der Waals surface area contributed by atoms with Crippen molar-refractivity contribution in [2.45, 2.75) is 19.9 Å². The van der Waals surface area contributed by atoms with Crippen LogP contribution in [0.3, 0.4) is 0 Å². The number of nitrogens with zero attached hydrogens (tertiary/aromatic N) is 1. The Balaban J connectivity index is 2.03. The number of carbonyl (C=O) groups is 1. The lowest BCUT2D eigenvalue weighted by Crippen LogP contribution is -2.50. The summed E-state index contributed by atoms with van der Waals surface area (Å²) < 4.78 is 10.2. The van der Waals surface area contributed by atoms with Gasteiger partial charge in [-0.2, -0.15) is 0 Å². The van der Waals surface area contributed by atoms with E-state index >= 15 is 0 Å². The molecule has 0 fully saturated rings. The van der Waals surface area contributed by atoms with Gasteiger partial charge in [0.1, 0.15) is 17.0 Å². The summed E-state index contributed by atoms with van der Waals surface area (Å²) in [5, 5.41) is 7.26. The summed E-state index contributed by atoms with van der Waals surface area (Å²) in [6.45, 7) is 4.10. The Hall–Kier alpha value is -2.45. The Morgan fingerprint density at radius 2 is 2.04 bits per heavy atom. The van der Waals surface area contributed by atoms with Gasteiger partial charge in [-0.15, -0.1) is 0 Å². The SMILES string of the molecule is COC[C@@H](C)NC(=S)NNC(=O)c1c(-c2ccccc2)noc1C. The van der Waals surface area contributed by atoms with Crippen molar-refractivity contribution in [1.82, 2.24) is 21.3 Å². The molecule has 0 aliphatic carbocycles. The number of aromatic nitrogens is 1. The number of amides is 1. The van der Waals surface area contributed by atoms with Crippen LogP contribution in [0, 0.1) is 6.92 Å². The van der Waals surface area contributed by atoms with Gasteiger partial charge in [0, 0.05) is 18.7 Å². The number of benzene rings is 1. The van der Waals surface area contributed by atoms with Crippen LogP contribution in [-0.2, 0) is 4.74 Å². The largest absolute Gasteiger partial charge is 0.383 e. The maximum Gasteiger partial charge on any atom is 0.275 e. The highest BCUT2D eigenvalue weighted by atomic mass is 32.1. The second kappa shape index (κ2) is 8.42. The molecule has 2 rings (SSSR count). The highest BCUT2D eigenvalue weighted by Gasteiger charge is 2.21. The van der Waals surface area contributed by atoms with E-state index < -0.39 is 0 Å². The summed E-state index contributed by atoms with van der Waals surface area (Å²) in [6.07, 6.45) is 0. The normalized spacial score (nSPS) is 11.6. The Labute approximate surface area is 145 Å². The van der Waals surface area contributed by atoms with Gasteiger partial charge in [0.15, 0.2) is 5.11 Å². The summed E-state index contributed by atoms with van der Waals surface area (Å²) in [7, 11) is 1.61. The van der Waals surface area contributed by atoms with Crippen LogP contribution in [0.1, 0.15) is 23.0 Å². The predicted octanol–water partition coefficient (Wildman–Crippen LogP) is 1.79. The first-order valence-electron chi connectivity index (χ1n) is 7.40. The molecule has 0 saturated heterocycles. The average molecular weight is 348 g/mol. The lowest BCUT2D eigenvalue weighted by atomic mass is 10.1. The van der Waals surface area contributed by atoms with Gasteiger partial charge in [0.25, 0.3) is 5.91 Å². The molecular formula is C16H20N4O3S. The van der Waals surface area contributed by atoms with Gasteiger partial charge in [-0.3, -0.25) is 15.6 Å². The first kappa shape index (κ1) is 17.9. The van der Waals surface area contributed by atoms with Gasteiger partial charge in [-0.1, -0.05) is 35.5 Å². The quantitative estimate of drug-likeness (QED) is 0.561. The van der Waals surface area contributed by atoms with Crippen molar-refractivity contribution in [3.8, 4) is 11.3 Å². The molecule has 8 heteroatoms. The van der Waals surface area contributed by atoms with Crippen LogP contribution in [-0.4, -0.2) is 35.9 Å². The van der Waals surface area contributed by atoms with Crippen LogP contribution in [0.4, 0.5) is 0 Å². The molecule has 1 amide bonds. The molecule has 0 bridgehead atoms. The van der Waals surface area contributed by atoms with E-state index in [1.807, 2.05) is 37.3 Å². The van der Waals surface area contributed by atoms with E-state index in [4.69, 9.17) is 21.5 Å². The molecule has 0 aliphatic heterocycles. The predicted molar refractivity (Wildman–Crippen MR) is 94.3 cm³/mol. The van der Waals surface area contributed by atoms with Crippen LogP contribution in [0.2, 0.25) is 0 Å². The zero-order valence-corrected chi connectivity index (χ0v) is 14.6. The van der Waals surface area contributed by atoms with E-state index in [1.54, 1.807) is 14.0 Å². The molecule has 1 aromatic heterocycles. The van der Waals surface area contributed by atoms with Crippen molar-refractivity contribution in [2.24, 2.45) is 0 Å². The number of carbonyl (C=O) groups excluding carboxylic acids is 1. The fourth-order valence-corrected chi connectivity index (χ4v) is 2.41. The minimum absolute atomic E-state index is 0.0177. The fourth-order valence-electron chi connectivity index (χ4n) is 2.16. The van der Waals surface area contributed by atoms with Crippen LogP contribution in [0.5, 0.6) is 0 Å². The summed E-state index contributed by atoms with van der Waals surface area (Å²) in [4.78, 5) is 12.5.